The molecule has 0 bridgehead atoms. The molecule has 1 aliphatic rings. The summed E-state index contributed by atoms with van der Waals surface area (Å²) in [4.78, 5) is 13.1. The van der Waals surface area contributed by atoms with Gasteiger partial charge in [0.2, 0.25) is 5.91 Å². The Morgan fingerprint density at radius 3 is 2.43 bits per heavy atom. The summed E-state index contributed by atoms with van der Waals surface area (Å²) in [5.74, 6) is 0.379. The Labute approximate surface area is 166 Å². The molecule has 2 N–H and O–H groups in total. The van der Waals surface area contributed by atoms with E-state index in [9.17, 15) is 9.90 Å². The second-order valence-electron chi connectivity index (χ2n) is 7.91. The van der Waals surface area contributed by atoms with Crippen molar-refractivity contribution in [2.75, 3.05) is 0 Å². The van der Waals surface area contributed by atoms with Gasteiger partial charge in [0.05, 0.1) is 6.04 Å². The molecule has 0 aromatic heterocycles. The van der Waals surface area contributed by atoms with Crippen molar-refractivity contribution in [3.63, 3.8) is 0 Å². The van der Waals surface area contributed by atoms with Crippen LogP contribution in [0.4, 0.5) is 0 Å². The van der Waals surface area contributed by atoms with Gasteiger partial charge in [-0.25, -0.2) is 0 Å². The normalized spacial score (nSPS) is 16.0. The second kappa shape index (κ2) is 8.05. The van der Waals surface area contributed by atoms with Gasteiger partial charge in [0, 0.05) is 11.5 Å². The summed E-state index contributed by atoms with van der Waals surface area (Å²) >= 11 is 0. The zero-order valence-electron chi connectivity index (χ0n) is 16.3. The zero-order valence-corrected chi connectivity index (χ0v) is 16.3. The standard InChI is InChI=1S/C25H27NO2/c1-17-11-13-19(14-12-17)24(26-25(28)20-8-3-2-4-9-20)23-21-10-6-5-7-18(21)15-16-22(23)27/h5-7,10-16,20,24,27H,2-4,8-9H2,1H3,(H,26,28)/t24-/m1/s1. The minimum atomic E-state index is -0.374. The number of aryl methyl sites for hydroxylation is 1. The molecule has 3 nitrogen and oxygen atoms in total. The van der Waals surface area contributed by atoms with Crippen molar-refractivity contribution in [1.82, 2.24) is 5.32 Å². The molecule has 4 rings (SSSR count). The number of carbonyl (C=O) groups excluding carboxylic acids is 1. The number of aromatic hydroxyl groups is 1. The van der Waals surface area contributed by atoms with Crippen LogP contribution in [0, 0.1) is 12.8 Å². The first-order chi connectivity index (χ1) is 13.6. The highest BCUT2D eigenvalue weighted by Gasteiger charge is 2.27. The van der Waals surface area contributed by atoms with Gasteiger partial charge < -0.3 is 10.4 Å². The van der Waals surface area contributed by atoms with Crippen molar-refractivity contribution >= 4 is 16.7 Å². The lowest BCUT2D eigenvalue weighted by atomic mass is 9.87. The fraction of sp³-hybridized carbons (Fsp3) is 0.320. The SMILES string of the molecule is Cc1ccc([C@@H](NC(=O)C2CCCCC2)c2c(O)ccc3ccccc23)cc1. The number of hydrogen-bond acceptors (Lipinski definition) is 2. The molecule has 1 atom stereocenters. The molecule has 28 heavy (non-hydrogen) atoms. The van der Waals surface area contributed by atoms with Gasteiger partial charge in [-0.3, -0.25) is 4.79 Å². The maximum Gasteiger partial charge on any atom is 0.223 e. The number of carbonyl (C=O) groups is 1. The van der Waals surface area contributed by atoms with Crippen LogP contribution in [0.2, 0.25) is 0 Å². The highest BCUT2D eigenvalue weighted by Crippen LogP contribution is 2.36. The van der Waals surface area contributed by atoms with Crippen LogP contribution in [0.25, 0.3) is 10.8 Å². The monoisotopic (exact) mass is 373 g/mol. The third-order valence-corrected chi connectivity index (χ3v) is 5.91. The lowest BCUT2D eigenvalue weighted by molar-refractivity contribution is -0.126. The molecule has 1 fully saturated rings. The number of rotatable bonds is 4. The number of nitrogens with one attached hydrogen (secondary N) is 1. The van der Waals surface area contributed by atoms with Gasteiger partial charge in [0.1, 0.15) is 5.75 Å². The molecule has 0 unspecified atom stereocenters. The van der Waals surface area contributed by atoms with Gasteiger partial charge in [0.15, 0.2) is 0 Å². The number of fused-ring (bicyclic) bond motifs is 1. The van der Waals surface area contributed by atoms with Gasteiger partial charge in [0.25, 0.3) is 0 Å². The third-order valence-electron chi connectivity index (χ3n) is 5.91. The van der Waals surface area contributed by atoms with E-state index in [-0.39, 0.29) is 23.6 Å². The van der Waals surface area contributed by atoms with E-state index in [1.54, 1.807) is 6.07 Å². The summed E-state index contributed by atoms with van der Waals surface area (Å²) < 4.78 is 0. The van der Waals surface area contributed by atoms with Crippen molar-refractivity contribution in [2.24, 2.45) is 5.92 Å². The van der Waals surface area contributed by atoms with E-state index in [4.69, 9.17) is 0 Å². The largest absolute Gasteiger partial charge is 0.508 e. The second-order valence-corrected chi connectivity index (χ2v) is 7.91. The van der Waals surface area contributed by atoms with E-state index >= 15 is 0 Å². The number of phenols is 1. The maximum atomic E-state index is 13.1. The van der Waals surface area contributed by atoms with Gasteiger partial charge in [-0.05, 0) is 42.2 Å². The molecule has 144 valence electrons. The fourth-order valence-electron chi connectivity index (χ4n) is 4.29. The highest BCUT2D eigenvalue weighted by atomic mass is 16.3. The molecular formula is C25H27NO2. The van der Waals surface area contributed by atoms with E-state index in [1.807, 2.05) is 42.5 Å². The van der Waals surface area contributed by atoms with Gasteiger partial charge in [-0.1, -0.05) is 79.4 Å². The quantitative estimate of drug-likeness (QED) is 0.622. The lowest BCUT2D eigenvalue weighted by Crippen LogP contribution is -2.35. The molecule has 3 aromatic rings. The summed E-state index contributed by atoms with van der Waals surface area (Å²) in [6.45, 7) is 2.05. The van der Waals surface area contributed by atoms with Crippen molar-refractivity contribution in [3.8, 4) is 5.75 Å². The van der Waals surface area contributed by atoms with Crippen LogP contribution >= 0.6 is 0 Å². The van der Waals surface area contributed by atoms with Gasteiger partial charge >= 0.3 is 0 Å². The minimum absolute atomic E-state index is 0.0683. The highest BCUT2D eigenvalue weighted by molar-refractivity contribution is 5.89. The average molecular weight is 373 g/mol. The third kappa shape index (κ3) is 3.75. The summed E-state index contributed by atoms with van der Waals surface area (Å²) in [6.07, 6.45) is 5.36. The molecular weight excluding hydrogens is 346 g/mol. The molecule has 1 aliphatic carbocycles. The molecule has 0 spiro atoms. The van der Waals surface area contributed by atoms with Crippen LogP contribution in [0.1, 0.15) is 54.8 Å². The topological polar surface area (TPSA) is 49.3 Å². The van der Waals surface area contributed by atoms with E-state index in [0.29, 0.717) is 0 Å². The van der Waals surface area contributed by atoms with Gasteiger partial charge in [-0.15, -0.1) is 0 Å². The van der Waals surface area contributed by atoms with Crippen molar-refractivity contribution < 1.29 is 9.90 Å². The molecule has 0 radical (unpaired) electrons. The fourth-order valence-corrected chi connectivity index (χ4v) is 4.29. The minimum Gasteiger partial charge on any atom is -0.508 e. The van der Waals surface area contributed by atoms with Crippen molar-refractivity contribution in [1.29, 1.82) is 0 Å². The molecule has 0 saturated heterocycles. The van der Waals surface area contributed by atoms with Crippen LogP contribution < -0.4 is 5.32 Å². The number of benzene rings is 3. The lowest BCUT2D eigenvalue weighted by Gasteiger charge is -2.27. The molecule has 1 amide bonds. The first-order valence-corrected chi connectivity index (χ1v) is 10.2. The van der Waals surface area contributed by atoms with Crippen LogP contribution in [-0.2, 0) is 4.79 Å². The van der Waals surface area contributed by atoms with Gasteiger partial charge in [-0.2, -0.15) is 0 Å². The Kier molecular flexibility index (Phi) is 5.34. The zero-order chi connectivity index (χ0) is 19.5. The molecule has 0 heterocycles. The maximum absolute atomic E-state index is 13.1. The van der Waals surface area contributed by atoms with Crippen LogP contribution in [0.3, 0.4) is 0 Å². The molecule has 3 heteroatoms. The average Bonchev–Trinajstić information content (AvgIpc) is 2.73. The molecule has 3 aromatic carbocycles. The van der Waals surface area contributed by atoms with E-state index in [0.717, 1.165) is 47.6 Å². The molecule has 1 saturated carbocycles. The van der Waals surface area contributed by atoms with E-state index in [2.05, 4.69) is 24.4 Å². The Morgan fingerprint density at radius 1 is 0.964 bits per heavy atom. The number of phenolic OH excluding ortho intramolecular Hbond substituents is 1. The Bertz CT molecular complexity index is 972. The Hall–Kier alpha value is -2.81. The summed E-state index contributed by atoms with van der Waals surface area (Å²) in [7, 11) is 0. The first-order valence-electron chi connectivity index (χ1n) is 10.2. The van der Waals surface area contributed by atoms with Crippen molar-refractivity contribution in [3.05, 3.63) is 77.4 Å². The molecule has 0 aliphatic heterocycles. The summed E-state index contributed by atoms with van der Waals surface area (Å²) in [5.41, 5.74) is 2.93. The Balaban J connectivity index is 1.78. The summed E-state index contributed by atoms with van der Waals surface area (Å²) in [5, 5.41) is 16.1. The number of amides is 1. The first kappa shape index (κ1) is 18.5. The van der Waals surface area contributed by atoms with Crippen molar-refractivity contribution in [2.45, 2.75) is 45.1 Å². The van der Waals surface area contributed by atoms with Crippen LogP contribution in [0.5, 0.6) is 5.75 Å². The van der Waals surface area contributed by atoms with Crippen LogP contribution in [-0.4, -0.2) is 11.0 Å². The predicted molar refractivity (Wildman–Crippen MR) is 113 cm³/mol. The summed E-state index contributed by atoms with van der Waals surface area (Å²) in [6, 6.07) is 19.5. The smallest absolute Gasteiger partial charge is 0.223 e. The Morgan fingerprint density at radius 2 is 1.68 bits per heavy atom. The van der Waals surface area contributed by atoms with Crippen LogP contribution in [0.15, 0.2) is 60.7 Å². The predicted octanol–water partition coefficient (Wildman–Crippen LogP) is 5.64. The number of hydrogen-bond donors (Lipinski definition) is 2. The van der Waals surface area contributed by atoms with E-state index < -0.39 is 0 Å². The van der Waals surface area contributed by atoms with E-state index in [1.165, 1.54) is 12.0 Å².